The van der Waals surface area contributed by atoms with Crippen LogP contribution in [-0.4, -0.2) is 68.4 Å². The molecule has 1 saturated heterocycles. The molecule has 0 radical (unpaired) electrons. The van der Waals surface area contributed by atoms with Gasteiger partial charge in [-0.15, -0.1) is 0 Å². The van der Waals surface area contributed by atoms with E-state index in [1.54, 1.807) is 12.0 Å². The minimum absolute atomic E-state index is 0.00236. The molecule has 33 heavy (non-hydrogen) atoms. The largest absolute Gasteiger partial charge is 0.479 e. The van der Waals surface area contributed by atoms with Gasteiger partial charge >= 0.3 is 6.03 Å². The van der Waals surface area contributed by atoms with E-state index in [1.807, 2.05) is 36.2 Å². The van der Waals surface area contributed by atoms with Crippen molar-refractivity contribution in [1.29, 1.82) is 5.26 Å². The number of hydrogen-bond donors (Lipinski definition) is 1. The molecule has 1 N–H and O–H groups in total. The van der Waals surface area contributed by atoms with Crippen molar-refractivity contribution in [3.05, 3.63) is 47.9 Å². The number of nitrogens with one attached hydrogen (secondary N) is 1. The van der Waals surface area contributed by atoms with Crippen molar-refractivity contribution in [2.75, 3.05) is 52.4 Å². The quantitative estimate of drug-likeness (QED) is 0.614. The van der Waals surface area contributed by atoms with E-state index in [0.717, 1.165) is 25.7 Å². The molecule has 0 spiro atoms. The van der Waals surface area contributed by atoms with Crippen molar-refractivity contribution in [3.8, 4) is 11.9 Å². The minimum atomic E-state index is -0.248. The van der Waals surface area contributed by atoms with Crippen LogP contribution in [0, 0.1) is 11.3 Å². The number of urea groups is 1. The molecule has 0 aliphatic carbocycles. The van der Waals surface area contributed by atoms with E-state index in [1.165, 1.54) is 18.9 Å². The summed E-state index contributed by atoms with van der Waals surface area (Å²) in [4.78, 5) is 25.5. The summed E-state index contributed by atoms with van der Waals surface area (Å²) < 4.78 is 10.6. The van der Waals surface area contributed by atoms with Crippen LogP contribution in [0.4, 0.5) is 10.5 Å². The Morgan fingerprint density at radius 1 is 1.21 bits per heavy atom. The highest BCUT2D eigenvalue weighted by Gasteiger charge is 2.35. The predicted molar refractivity (Wildman–Crippen MR) is 125 cm³/mol. The molecule has 2 amide bonds. The molecule has 1 atom stereocenters. The number of hydrogen-bond acceptors (Lipinski definition) is 7. The Kier molecular flexibility index (Phi) is 8.58. The average Bonchev–Trinajstić information content (AvgIpc) is 2.93. The van der Waals surface area contributed by atoms with Crippen molar-refractivity contribution >= 4 is 11.7 Å². The monoisotopic (exact) mass is 452 g/mol. The van der Waals surface area contributed by atoms with Crippen LogP contribution in [0.15, 0.2) is 36.5 Å². The van der Waals surface area contributed by atoms with E-state index < -0.39 is 0 Å². The molecule has 1 aromatic heterocycles. The molecule has 2 aromatic rings. The van der Waals surface area contributed by atoms with Crippen LogP contribution >= 0.6 is 0 Å². The summed E-state index contributed by atoms with van der Waals surface area (Å²) in [6.07, 6.45) is 4.62. The number of methoxy groups -OCH3 is 2. The first-order chi connectivity index (χ1) is 16.1. The number of amides is 2. The van der Waals surface area contributed by atoms with Gasteiger partial charge in [-0.25, -0.2) is 9.78 Å². The van der Waals surface area contributed by atoms with E-state index >= 15 is 0 Å². The van der Waals surface area contributed by atoms with Crippen LogP contribution in [0.25, 0.3) is 0 Å². The fraction of sp³-hybridized carbons (Fsp3) is 0.500. The van der Waals surface area contributed by atoms with Crippen LogP contribution in [0.1, 0.15) is 37.1 Å². The summed E-state index contributed by atoms with van der Waals surface area (Å²) in [5.41, 5.74) is 1.43. The Bertz CT molecular complexity index is 964. The van der Waals surface area contributed by atoms with Crippen LogP contribution < -0.4 is 15.0 Å². The van der Waals surface area contributed by atoms with Gasteiger partial charge in [0.15, 0.2) is 0 Å². The number of aromatic nitrogens is 2. The summed E-state index contributed by atoms with van der Waals surface area (Å²) in [5.74, 6) is 0.219. The lowest BCUT2D eigenvalue weighted by Crippen LogP contribution is -2.46. The molecule has 1 fully saturated rings. The molecular weight excluding hydrogens is 420 g/mol. The second-order valence-corrected chi connectivity index (χ2v) is 8.02. The fourth-order valence-corrected chi connectivity index (χ4v) is 4.37. The average molecular weight is 453 g/mol. The molecule has 3 rings (SSSR count). The molecule has 2 heterocycles. The number of nitriles is 1. The first-order valence-corrected chi connectivity index (χ1v) is 11.2. The maximum atomic E-state index is 13.7. The Hall–Kier alpha value is -3.22. The molecule has 9 nitrogen and oxygen atoms in total. The van der Waals surface area contributed by atoms with Gasteiger partial charge in [0.05, 0.1) is 13.3 Å². The van der Waals surface area contributed by atoms with Crippen LogP contribution in [0.5, 0.6) is 5.88 Å². The van der Waals surface area contributed by atoms with E-state index in [-0.39, 0.29) is 23.3 Å². The normalized spacial score (nSPS) is 19.4. The molecular formula is C24H32N6O3. The van der Waals surface area contributed by atoms with Crippen LogP contribution in [-0.2, 0) is 10.3 Å². The highest BCUT2D eigenvalue weighted by atomic mass is 16.5. The lowest BCUT2D eigenvalue weighted by Gasteiger charge is -2.35. The maximum Gasteiger partial charge on any atom is 0.324 e. The second-order valence-electron chi connectivity index (χ2n) is 8.02. The SMILES string of the molecule is CN[C@@]1(c2ccccc2)CCCN(c2cnc(C#N)nc2OC)C(=O)N(CCCOC)CC1. The Morgan fingerprint density at radius 3 is 2.67 bits per heavy atom. The number of rotatable bonds is 8. The Balaban J connectivity index is 1.97. The van der Waals surface area contributed by atoms with Gasteiger partial charge in [0.1, 0.15) is 11.8 Å². The zero-order valence-corrected chi connectivity index (χ0v) is 19.6. The Labute approximate surface area is 195 Å². The molecule has 1 aliphatic heterocycles. The van der Waals surface area contributed by atoms with Gasteiger partial charge in [-0.05, 0) is 38.3 Å². The van der Waals surface area contributed by atoms with Gasteiger partial charge in [-0.1, -0.05) is 30.3 Å². The summed E-state index contributed by atoms with van der Waals surface area (Å²) >= 11 is 0. The van der Waals surface area contributed by atoms with Crippen molar-refractivity contribution in [1.82, 2.24) is 20.2 Å². The van der Waals surface area contributed by atoms with E-state index in [4.69, 9.17) is 14.7 Å². The van der Waals surface area contributed by atoms with Crippen LogP contribution in [0.2, 0.25) is 0 Å². The van der Waals surface area contributed by atoms with Gasteiger partial charge in [0.25, 0.3) is 0 Å². The first kappa shape index (κ1) is 24.4. The highest BCUT2D eigenvalue weighted by Crippen LogP contribution is 2.34. The van der Waals surface area contributed by atoms with Gasteiger partial charge in [0, 0.05) is 38.9 Å². The second kappa shape index (κ2) is 11.6. The molecule has 9 heteroatoms. The molecule has 0 saturated carbocycles. The van der Waals surface area contributed by atoms with Crippen molar-refractivity contribution in [2.24, 2.45) is 0 Å². The predicted octanol–water partition coefficient (Wildman–Crippen LogP) is 2.92. The number of carbonyl (C=O) groups excluding carboxylic acids is 1. The number of benzene rings is 1. The van der Waals surface area contributed by atoms with Crippen molar-refractivity contribution in [3.63, 3.8) is 0 Å². The summed E-state index contributed by atoms with van der Waals surface area (Å²) in [6, 6.07) is 12.2. The topological polar surface area (TPSA) is 104 Å². The number of ether oxygens (including phenoxy) is 2. The fourth-order valence-electron chi connectivity index (χ4n) is 4.37. The van der Waals surface area contributed by atoms with E-state index in [9.17, 15) is 4.79 Å². The summed E-state index contributed by atoms with van der Waals surface area (Å²) in [7, 11) is 5.12. The molecule has 176 valence electrons. The molecule has 0 unspecified atom stereocenters. The Morgan fingerprint density at radius 2 is 2.00 bits per heavy atom. The van der Waals surface area contributed by atoms with Gasteiger partial charge in [0.2, 0.25) is 11.7 Å². The molecule has 1 aliphatic rings. The molecule has 1 aromatic carbocycles. The van der Waals surface area contributed by atoms with Crippen molar-refractivity contribution < 1.29 is 14.3 Å². The lowest BCUT2D eigenvalue weighted by atomic mass is 9.82. The summed E-state index contributed by atoms with van der Waals surface area (Å²) in [5, 5.41) is 12.7. The van der Waals surface area contributed by atoms with Crippen molar-refractivity contribution in [2.45, 2.75) is 31.2 Å². The lowest BCUT2D eigenvalue weighted by molar-refractivity contribution is 0.165. The third kappa shape index (κ3) is 5.59. The highest BCUT2D eigenvalue weighted by molar-refractivity contribution is 5.93. The zero-order valence-electron chi connectivity index (χ0n) is 19.6. The van der Waals surface area contributed by atoms with Gasteiger partial charge < -0.3 is 19.7 Å². The van der Waals surface area contributed by atoms with E-state index in [2.05, 4.69) is 27.4 Å². The standard InChI is InChI=1S/C24H32N6O3/c1-26-24(19-9-5-4-6-10-19)11-7-14-30(20-18-27-21(17-25)28-22(20)33-3)23(31)29(15-12-24)13-8-16-32-2/h4-6,9-10,18,26H,7-8,11-16H2,1-3H3/t24-/m0/s1. The first-order valence-electron chi connectivity index (χ1n) is 11.2. The zero-order chi connectivity index (χ0) is 23.7. The number of anilines is 1. The molecule has 0 bridgehead atoms. The minimum Gasteiger partial charge on any atom is -0.479 e. The number of nitrogens with zero attached hydrogens (tertiary/aromatic N) is 5. The third-order valence-electron chi connectivity index (χ3n) is 6.20. The third-order valence-corrected chi connectivity index (χ3v) is 6.20. The smallest absolute Gasteiger partial charge is 0.324 e. The van der Waals surface area contributed by atoms with Gasteiger partial charge in [-0.2, -0.15) is 10.2 Å². The van der Waals surface area contributed by atoms with Crippen LogP contribution in [0.3, 0.4) is 0 Å². The maximum absolute atomic E-state index is 13.7. The van der Waals surface area contributed by atoms with Gasteiger partial charge in [-0.3, -0.25) is 4.90 Å². The summed E-state index contributed by atoms with van der Waals surface area (Å²) in [6.45, 7) is 2.19. The number of carbonyl (C=O) groups is 1. The van der Waals surface area contributed by atoms with E-state index in [0.29, 0.717) is 31.9 Å².